The Bertz CT molecular complexity index is 954. The molecule has 1 heterocycles. The zero-order chi connectivity index (χ0) is 22.3. The Balaban J connectivity index is 1.39. The van der Waals surface area contributed by atoms with Crippen molar-refractivity contribution in [2.24, 2.45) is 5.92 Å². The number of ether oxygens (including phenoxy) is 1. The molecule has 1 aliphatic heterocycles. The van der Waals surface area contributed by atoms with E-state index in [9.17, 15) is 13.2 Å². The molecule has 0 unspecified atom stereocenters. The van der Waals surface area contributed by atoms with E-state index in [1.165, 1.54) is 9.87 Å². The first-order valence-corrected chi connectivity index (χ1v) is 12.5. The van der Waals surface area contributed by atoms with Crippen LogP contribution in [0.4, 0.5) is 0 Å². The van der Waals surface area contributed by atoms with E-state index in [0.717, 1.165) is 18.6 Å². The van der Waals surface area contributed by atoms with Gasteiger partial charge in [-0.3, -0.25) is 4.79 Å². The van der Waals surface area contributed by atoms with Gasteiger partial charge >= 0.3 is 0 Å². The molecular weight excluding hydrogens is 436 g/mol. The largest absolute Gasteiger partial charge is 0.497 e. The second-order valence-corrected chi connectivity index (χ2v) is 10.2. The number of benzene rings is 2. The third kappa shape index (κ3) is 6.95. The topological polar surface area (TPSA) is 75.7 Å². The first kappa shape index (κ1) is 23.6. The minimum Gasteiger partial charge on any atom is -0.497 e. The van der Waals surface area contributed by atoms with Gasteiger partial charge in [0.1, 0.15) is 5.75 Å². The summed E-state index contributed by atoms with van der Waals surface area (Å²) in [6, 6.07) is 14.8. The zero-order valence-electron chi connectivity index (χ0n) is 17.7. The highest BCUT2D eigenvalue weighted by atomic mass is 35.5. The van der Waals surface area contributed by atoms with E-state index in [0.29, 0.717) is 43.1 Å². The molecule has 1 amide bonds. The van der Waals surface area contributed by atoms with Crippen LogP contribution in [0.5, 0.6) is 5.75 Å². The van der Waals surface area contributed by atoms with Crippen molar-refractivity contribution in [3.05, 3.63) is 64.7 Å². The SMILES string of the molecule is COc1ccc(CCCNC(=O)C2CCN(S(=O)(=O)Cc3ccc(Cl)cc3)CC2)cc1. The Morgan fingerprint density at radius 3 is 2.29 bits per heavy atom. The van der Waals surface area contributed by atoms with Crippen LogP contribution in [0.2, 0.25) is 5.02 Å². The van der Waals surface area contributed by atoms with E-state index in [4.69, 9.17) is 16.3 Å². The number of halogens is 1. The van der Waals surface area contributed by atoms with Crippen LogP contribution in [0, 0.1) is 5.92 Å². The first-order chi connectivity index (χ1) is 14.9. The quantitative estimate of drug-likeness (QED) is 0.575. The average molecular weight is 465 g/mol. The highest BCUT2D eigenvalue weighted by molar-refractivity contribution is 7.88. The first-order valence-electron chi connectivity index (χ1n) is 10.5. The van der Waals surface area contributed by atoms with E-state index in [1.807, 2.05) is 24.3 Å². The van der Waals surface area contributed by atoms with E-state index in [2.05, 4.69) is 5.32 Å². The van der Waals surface area contributed by atoms with Gasteiger partial charge in [-0.2, -0.15) is 0 Å². The number of amides is 1. The minimum atomic E-state index is -3.41. The predicted molar refractivity (Wildman–Crippen MR) is 123 cm³/mol. The number of piperidine rings is 1. The Morgan fingerprint density at radius 1 is 1.06 bits per heavy atom. The molecule has 0 atom stereocenters. The lowest BCUT2D eigenvalue weighted by Crippen LogP contribution is -2.43. The number of carbonyl (C=O) groups is 1. The molecule has 0 aliphatic carbocycles. The van der Waals surface area contributed by atoms with Gasteiger partial charge in [0.15, 0.2) is 0 Å². The van der Waals surface area contributed by atoms with E-state index in [1.54, 1.807) is 31.4 Å². The number of nitrogens with one attached hydrogen (secondary N) is 1. The third-order valence-electron chi connectivity index (χ3n) is 5.58. The molecule has 1 fully saturated rings. The molecular formula is C23H29ClN2O4S. The number of aryl methyl sites for hydroxylation is 1. The lowest BCUT2D eigenvalue weighted by Gasteiger charge is -2.30. The Labute approximate surface area is 189 Å². The third-order valence-corrected chi connectivity index (χ3v) is 7.68. The van der Waals surface area contributed by atoms with Gasteiger partial charge in [0.25, 0.3) is 0 Å². The molecule has 2 aromatic rings. The molecule has 1 N–H and O–H groups in total. The Morgan fingerprint density at radius 2 is 1.68 bits per heavy atom. The molecule has 0 spiro atoms. The van der Waals surface area contributed by atoms with Crippen LogP contribution in [0.3, 0.4) is 0 Å². The number of nitrogens with zero attached hydrogens (tertiary/aromatic N) is 1. The second kappa shape index (κ2) is 11.0. The summed E-state index contributed by atoms with van der Waals surface area (Å²) in [5.41, 5.74) is 1.91. The Hall–Kier alpha value is -2.09. The maximum Gasteiger partial charge on any atom is 0.223 e. The van der Waals surface area contributed by atoms with Crippen molar-refractivity contribution in [3.8, 4) is 5.75 Å². The molecule has 8 heteroatoms. The van der Waals surface area contributed by atoms with Gasteiger partial charge < -0.3 is 10.1 Å². The number of hydrogen-bond donors (Lipinski definition) is 1. The Kier molecular flexibility index (Phi) is 8.35. The number of rotatable bonds is 9. The van der Waals surface area contributed by atoms with E-state index >= 15 is 0 Å². The van der Waals surface area contributed by atoms with Gasteiger partial charge in [0.2, 0.25) is 15.9 Å². The van der Waals surface area contributed by atoms with Crippen LogP contribution >= 0.6 is 11.6 Å². The van der Waals surface area contributed by atoms with E-state index < -0.39 is 10.0 Å². The second-order valence-electron chi connectivity index (χ2n) is 7.80. The summed E-state index contributed by atoms with van der Waals surface area (Å²) in [6.45, 7) is 1.36. The van der Waals surface area contributed by atoms with Crippen molar-refractivity contribution in [1.82, 2.24) is 9.62 Å². The van der Waals surface area contributed by atoms with Crippen LogP contribution in [0.25, 0.3) is 0 Å². The van der Waals surface area contributed by atoms with Crippen molar-refractivity contribution < 1.29 is 17.9 Å². The molecule has 6 nitrogen and oxygen atoms in total. The maximum atomic E-state index is 12.7. The highest BCUT2D eigenvalue weighted by Gasteiger charge is 2.31. The molecule has 0 aromatic heterocycles. The average Bonchev–Trinajstić information content (AvgIpc) is 2.78. The lowest BCUT2D eigenvalue weighted by molar-refractivity contribution is -0.126. The highest BCUT2D eigenvalue weighted by Crippen LogP contribution is 2.22. The maximum absolute atomic E-state index is 12.7. The molecule has 0 saturated carbocycles. The molecule has 168 valence electrons. The predicted octanol–water partition coefficient (Wildman–Crippen LogP) is 3.64. The molecule has 1 saturated heterocycles. The van der Waals surface area contributed by atoms with Gasteiger partial charge in [-0.1, -0.05) is 35.9 Å². The fraction of sp³-hybridized carbons (Fsp3) is 0.435. The molecule has 0 radical (unpaired) electrons. The molecule has 1 aliphatic rings. The molecule has 0 bridgehead atoms. The molecule has 2 aromatic carbocycles. The normalized spacial score (nSPS) is 15.5. The van der Waals surface area contributed by atoms with Crippen LogP contribution in [-0.2, 0) is 27.0 Å². The van der Waals surface area contributed by atoms with E-state index in [-0.39, 0.29) is 17.6 Å². The van der Waals surface area contributed by atoms with Crippen molar-refractivity contribution in [2.45, 2.75) is 31.4 Å². The molecule has 31 heavy (non-hydrogen) atoms. The monoisotopic (exact) mass is 464 g/mol. The summed E-state index contributed by atoms with van der Waals surface area (Å²) in [4.78, 5) is 12.5. The molecule has 3 rings (SSSR count). The number of sulfonamides is 1. The van der Waals surface area contributed by atoms with Gasteiger partial charge in [0.05, 0.1) is 12.9 Å². The van der Waals surface area contributed by atoms with Crippen LogP contribution in [0.15, 0.2) is 48.5 Å². The smallest absolute Gasteiger partial charge is 0.223 e. The summed E-state index contributed by atoms with van der Waals surface area (Å²) < 4.78 is 32.0. The summed E-state index contributed by atoms with van der Waals surface area (Å²) in [6.07, 6.45) is 2.83. The van der Waals surface area contributed by atoms with Crippen LogP contribution in [0.1, 0.15) is 30.4 Å². The van der Waals surface area contributed by atoms with Gasteiger partial charge in [0, 0.05) is 30.6 Å². The van der Waals surface area contributed by atoms with Crippen LogP contribution < -0.4 is 10.1 Å². The standard InChI is InChI=1S/C23H29ClN2O4S/c1-30-22-10-6-18(7-11-22)3-2-14-25-23(27)20-12-15-26(16-13-20)31(28,29)17-19-4-8-21(24)9-5-19/h4-11,20H,2-3,12-17H2,1H3,(H,25,27). The number of hydrogen-bond acceptors (Lipinski definition) is 4. The van der Waals surface area contributed by atoms with Crippen molar-refractivity contribution in [1.29, 1.82) is 0 Å². The van der Waals surface area contributed by atoms with Gasteiger partial charge in [-0.15, -0.1) is 0 Å². The lowest BCUT2D eigenvalue weighted by atomic mass is 9.97. The number of carbonyl (C=O) groups excluding carboxylic acids is 1. The fourth-order valence-electron chi connectivity index (χ4n) is 3.72. The fourth-order valence-corrected chi connectivity index (χ4v) is 5.41. The van der Waals surface area contributed by atoms with Gasteiger partial charge in [-0.05, 0) is 61.1 Å². The summed E-state index contributed by atoms with van der Waals surface area (Å²) >= 11 is 5.86. The zero-order valence-corrected chi connectivity index (χ0v) is 19.3. The minimum absolute atomic E-state index is 0.0180. The summed E-state index contributed by atoms with van der Waals surface area (Å²) in [5, 5.41) is 3.58. The number of methoxy groups -OCH3 is 1. The van der Waals surface area contributed by atoms with Crippen molar-refractivity contribution >= 4 is 27.5 Å². The van der Waals surface area contributed by atoms with Crippen LogP contribution in [-0.4, -0.2) is 45.4 Å². The summed E-state index contributed by atoms with van der Waals surface area (Å²) in [5.74, 6) is 0.665. The summed E-state index contributed by atoms with van der Waals surface area (Å²) in [7, 11) is -1.76. The van der Waals surface area contributed by atoms with Crippen molar-refractivity contribution in [2.75, 3.05) is 26.7 Å². The van der Waals surface area contributed by atoms with Crippen molar-refractivity contribution in [3.63, 3.8) is 0 Å². The van der Waals surface area contributed by atoms with Gasteiger partial charge in [-0.25, -0.2) is 12.7 Å².